The summed E-state index contributed by atoms with van der Waals surface area (Å²) >= 11 is 0. The molecule has 1 saturated heterocycles. The lowest BCUT2D eigenvalue weighted by atomic mass is 9.72. The van der Waals surface area contributed by atoms with E-state index in [1.807, 2.05) is 24.3 Å². The minimum atomic E-state index is -0.859. The monoisotopic (exact) mass is 295 g/mol. The number of ether oxygens (including phenoxy) is 1. The quantitative estimate of drug-likeness (QED) is 0.808. The third-order valence-corrected chi connectivity index (χ3v) is 5.13. The Morgan fingerprint density at radius 2 is 2.00 bits per heavy atom. The van der Waals surface area contributed by atoms with Gasteiger partial charge in [0.2, 0.25) is 0 Å². The van der Waals surface area contributed by atoms with Crippen LogP contribution < -0.4 is 4.74 Å². The van der Waals surface area contributed by atoms with Gasteiger partial charge in [-0.15, -0.1) is 0 Å². The Hall–Kier alpha value is -1.84. The zero-order valence-corrected chi connectivity index (χ0v) is 13.0. The van der Waals surface area contributed by atoms with Crippen LogP contribution in [0.1, 0.15) is 29.0 Å². The van der Waals surface area contributed by atoms with Crippen molar-refractivity contribution in [3.63, 3.8) is 0 Å². The van der Waals surface area contributed by atoms with Gasteiger partial charge in [0.25, 0.3) is 0 Å². The maximum absolute atomic E-state index is 11.6. The summed E-state index contributed by atoms with van der Waals surface area (Å²) in [6.07, 6.45) is 0.724. The van der Waals surface area contributed by atoms with Gasteiger partial charge in [-0.2, -0.15) is 0 Å². The summed E-state index contributed by atoms with van der Waals surface area (Å²) in [6.45, 7) is 3.80. The standard InChI is InChI=1S/C19H21NO2/c1-13-6-5-7-14-16-12-20(2)11-10-19(16,21)15-8-3-4-9-17(15)22-18(13)14/h3-9,16,21H,10-12H2,1-2H3/t16-,19-/m0/s1. The number of hydrogen-bond acceptors (Lipinski definition) is 3. The van der Waals surface area contributed by atoms with E-state index >= 15 is 0 Å². The van der Waals surface area contributed by atoms with E-state index in [-0.39, 0.29) is 5.92 Å². The fraction of sp³-hybridized carbons (Fsp3) is 0.368. The van der Waals surface area contributed by atoms with Crippen molar-refractivity contribution in [3.8, 4) is 11.5 Å². The van der Waals surface area contributed by atoms with E-state index < -0.39 is 5.60 Å². The average molecular weight is 295 g/mol. The molecule has 2 aromatic rings. The fourth-order valence-corrected chi connectivity index (χ4v) is 3.88. The summed E-state index contributed by atoms with van der Waals surface area (Å²) in [6, 6.07) is 14.1. The Balaban J connectivity index is 2.00. The highest BCUT2D eigenvalue weighted by Gasteiger charge is 2.47. The van der Waals surface area contributed by atoms with Crippen LogP contribution in [-0.2, 0) is 5.60 Å². The highest BCUT2D eigenvalue weighted by Crippen LogP contribution is 2.52. The third kappa shape index (κ3) is 1.89. The van der Waals surface area contributed by atoms with Crippen LogP contribution in [0, 0.1) is 6.92 Å². The second-order valence-electron chi connectivity index (χ2n) is 6.58. The van der Waals surface area contributed by atoms with Gasteiger partial charge < -0.3 is 14.7 Å². The number of aryl methyl sites for hydroxylation is 1. The molecule has 0 bridgehead atoms. The summed E-state index contributed by atoms with van der Waals surface area (Å²) in [5, 5.41) is 11.6. The number of aliphatic hydroxyl groups is 1. The molecule has 114 valence electrons. The molecular weight excluding hydrogens is 274 g/mol. The van der Waals surface area contributed by atoms with E-state index in [1.165, 1.54) is 0 Å². The molecule has 0 radical (unpaired) electrons. The molecule has 3 heteroatoms. The molecule has 2 aliphatic rings. The van der Waals surface area contributed by atoms with Gasteiger partial charge in [-0.25, -0.2) is 0 Å². The molecule has 0 unspecified atom stereocenters. The van der Waals surface area contributed by atoms with E-state index in [0.29, 0.717) is 0 Å². The van der Waals surface area contributed by atoms with Crippen molar-refractivity contribution in [1.82, 2.24) is 4.90 Å². The van der Waals surface area contributed by atoms with Crippen molar-refractivity contribution in [1.29, 1.82) is 0 Å². The number of para-hydroxylation sites is 2. The number of hydrogen-bond donors (Lipinski definition) is 1. The van der Waals surface area contributed by atoms with Gasteiger partial charge in [0.05, 0.1) is 0 Å². The Labute approximate surface area is 131 Å². The second kappa shape index (κ2) is 4.83. The predicted octanol–water partition coefficient (Wildman–Crippen LogP) is 3.41. The first-order valence-electron chi connectivity index (χ1n) is 7.87. The number of likely N-dealkylation sites (tertiary alicyclic amines) is 1. The third-order valence-electron chi connectivity index (χ3n) is 5.13. The average Bonchev–Trinajstić information content (AvgIpc) is 2.62. The van der Waals surface area contributed by atoms with Gasteiger partial charge in [-0.05, 0) is 32.0 Å². The smallest absolute Gasteiger partial charge is 0.133 e. The number of benzene rings is 2. The molecule has 0 amide bonds. The van der Waals surface area contributed by atoms with Crippen LogP contribution in [0.15, 0.2) is 42.5 Å². The molecule has 2 heterocycles. The van der Waals surface area contributed by atoms with Crippen molar-refractivity contribution >= 4 is 0 Å². The zero-order valence-electron chi connectivity index (χ0n) is 13.0. The number of likely N-dealkylation sites (N-methyl/N-ethyl adjacent to an activating group) is 1. The van der Waals surface area contributed by atoms with E-state index in [9.17, 15) is 5.11 Å². The molecule has 1 fully saturated rings. The lowest BCUT2D eigenvalue weighted by Crippen LogP contribution is -2.46. The van der Waals surface area contributed by atoms with Crippen molar-refractivity contribution in [3.05, 3.63) is 59.2 Å². The second-order valence-corrected chi connectivity index (χ2v) is 6.58. The molecule has 0 aliphatic carbocycles. The first-order chi connectivity index (χ1) is 10.6. The van der Waals surface area contributed by atoms with Gasteiger partial charge in [0.15, 0.2) is 0 Å². The molecule has 0 aromatic heterocycles. The highest BCUT2D eigenvalue weighted by molar-refractivity contribution is 5.54. The van der Waals surface area contributed by atoms with Gasteiger partial charge in [0.1, 0.15) is 17.1 Å². The van der Waals surface area contributed by atoms with Gasteiger partial charge >= 0.3 is 0 Å². The van der Waals surface area contributed by atoms with Gasteiger partial charge in [-0.3, -0.25) is 0 Å². The Kier molecular flexibility index (Phi) is 3.03. The SMILES string of the molecule is Cc1cccc2c1Oc1ccccc1[C@@]1(O)CCN(C)C[C@@H]21. The maximum Gasteiger partial charge on any atom is 0.133 e. The molecule has 1 N–H and O–H groups in total. The van der Waals surface area contributed by atoms with Crippen LogP contribution in [0.25, 0.3) is 0 Å². The van der Waals surface area contributed by atoms with Crippen LogP contribution in [-0.4, -0.2) is 30.1 Å². The van der Waals surface area contributed by atoms with Gasteiger partial charge in [-0.1, -0.05) is 36.4 Å². The zero-order chi connectivity index (χ0) is 15.3. The molecule has 22 heavy (non-hydrogen) atoms. The summed E-state index contributed by atoms with van der Waals surface area (Å²) < 4.78 is 6.25. The van der Waals surface area contributed by atoms with Crippen LogP contribution >= 0.6 is 0 Å². The molecule has 0 saturated carbocycles. The van der Waals surface area contributed by atoms with Crippen LogP contribution in [0.3, 0.4) is 0 Å². The number of rotatable bonds is 0. The minimum absolute atomic E-state index is 0.0322. The Morgan fingerprint density at radius 1 is 1.18 bits per heavy atom. The highest BCUT2D eigenvalue weighted by atomic mass is 16.5. The largest absolute Gasteiger partial charge is 0.456 e. The fourth-order valence-electron chi connectivity index (χ4n) is 3.88. The van der Waals surface area contributed by atoms with Crippen molar-refractivity contribution < 1.29 is 9.84 Å². The van der Waals surface area contributed by atoms with E-state index in [2.05, 4.69) is 37.1 Å². The van der Waals surface area contributed by atoms with Crippen molar-refractivity contribution in [2.24, 2.45) is 0 Å². The summed E-state index contributed by atoms with van der Waals surface area (Å²) in [5.41, 5.74) is 2.29. The van der Waals surface area contributed by atoms with E-state index in [0.717, 1.165) is 47.7 Å². The molecule has 2 aromatic carbocycles. The van der Waals surface area contributed by atoms with Crippen LogP contribution in [0.5, 0.6) is 11.5 Å². The summed E-state index contributed by atoms with van der Waals surface area (Å²) in [5.74, 6) is 1.73. The Bertz CT molecular complexity index is 727. The number of fused-ring (bicyclic) bond motifs is 5. The normalized spacial score (nSPS) is 27.1. The Morgan fingerprint density at radius 3 is 2.86 bits per heavy atom. The van der Waals surface area contributed by atoms with Crippen molar-refractivity contribution in [2.75, 3.05) is 20.1 Å². The first kappa shape index (κ1) is 13.8. The number of nitrogens with zero attached hydrogens (tertiary/aromatic N) is 1. The molecule has 0 spiro atoms. The molecule has 4 rings (SSSR count). The molecule has 2 aliphatic heterocycles. The molecule has 2 atom stereocenters. The number of piperidine rings is 1. The summed E-state index contributed by atoms with van der Waals surface area (Å²) in [4.78, 5) is 2.29. The lowest BCUT2D eigenvalue weighted by molar-refractivity contribution is -0.0411. The maximum atomic E-state index is 11.6. The van der Waals surface area contributed by atoms with Crippen LogP contribution in [0.2, 0.25) is 0 Å². The lowest BCUT2D eigenvalue weighted by Gasteiger charge is -2.43. The topological polar surface area (TPSA) is 32.7 Å². The predicted molar refractivity (Wildman–Crippen MR) is 86.4 cm³/mol. The van der Waals surface area contributed by atoms with E-state index in [1.54, 1.807) is 0 Å². The molecular formula is C19H21NO2. The first-order valence-corrected chi connectivity index (χ1v) is 7.87. The van der Waals surface area contributed by atoms with Gasteiger partial charge in [0, 0.05) is 30.1 Å². The van der Waals surface area contributed by atoms with E-state index in [4.69, 9.17) is 4.74 Å². The van der Waals surface area contributed by atoms with Crippen LogP contribution in [0.4, 0.5) is 0 Å². The minimum Gasteiger partial charge on any atom is -0.456 e. The molecule has 3 nitrogen and oxygen atoms in total. The summed E-state index contributed by atoms with van der Waals surface area (Å²) in [7, 11) is 2.12. The van der Waals surface area contributed by atoms with Crippen molar-refractivity contribution in [2.45, 2.75) is 24.9 Å².